The molecule has 108 valence electrons. The lowest BCUT2D eigenvalue weighted by molar-refractivity contribution is 0.175. The lowest BCUT2D eigenvalue weighted by Crippen LogP contribution is -2.39. The summed E-state index contributed by atoms with van der Waals surface area (Å²) in [4.78, 5) is 0. The molecule has 2 nitrogen and oxygen atoms in total. The zero-order valence-corrected chi connectivity index (χ0v) is 14.1. The van der Waals surface area contributed by atoms with E-state index < -0.39 is 0 Å². The fourth-order valence-corrected chi connectivity index (χ4v) is 2.35. The molecule has 0 spiro atoms. The van der Waals surface area contributed by atoms with Crippen LogP contribution in [0.1, 0.15) is 26.3 Å². The highest BCUT2D eigenvalue weighted by Gasteiger charge is 2.28. The zero-order valence-electron chi connectivity index (χ0n) is 12.5. The SMILES string of the molecule is COCCNCC(C)(Cc1ccc(Br)cc1)C(C)C. The largest absolute Gasteiger partial charge is 0.383 e. The number of hydrogen-bond acceptors (Lipinski definition) is 2. The van der Waals surface area contributed by atoms with Gasteiger partial charge in [0.2, 0.25) is 0 Å². The predicted octanol–water partition coefficient (Wildman–Crippen LogP) is 3.89. The topological polar surface area (TPSA) is 21.3 Å². The number of rotatable bonds is 8. The summed E-state index contributed by atoms with van der Waals surface area (Å²) in [5.41, 5.74) is 1.66. The zero-order chi connectivity index (χ0) is 14.3. The van der Waals surface area contributed by atoms with E-state index in [0.29, 0.717) is 5.92 Å². The Labute approximate surface area is 126 Å². The van der Waals surface area contributed by atoms with Gasteiger partial charge in [-0.15, -0.1) is 0 Å². The van der Waals surface area contributed by atoms with Crippen molar-refractivity contribution in [2.24, 2.45) is 11.3 Å². The second kappa shape index (κ2) is 8.03. The van der Waals surface area contributed by atoms with E-state index in [9.17, 15) is 0 Å². The van der Waals surface area contributed by atoms with Crippen LogP contribution < -0.4 is 5.32 Å². The maximum absolute atomic E-state index is 5.08. The van der Waals surface area contributed by atoms with Crippen molar-refractivity contribution in [3.05, 3.63) is 34.3 Å². The van der Waals surface area contributed by atoms with Gasteiger partial charge >= 0.3 is 0 Å². The van der Waals surface area contributed by atoms with Gasteiger partial charge in [-0.1, -0.05) is 48.8 Å². The number of methoxy groups -OCH3 is 1. The molecule has 0 bridgehead atoms. The molecule has 0 radical (unpaired) electrons. The highest BCUT2D eigenvalue weighted by molar-refractivity contribution is 9.10. The van der Waals surface area contributed by atoms with E-state index in [1.807, 2.05) is 0 Å². The molecule has 1 aromatic rings. The van der Waals surface area contributed by atoms with Gasteiger partial charge in [0.05, 0.1) is 6.61 Å². The van der Waals surface area contributed by atoms with Crippen molar-refractivity contribution in [2.75, 3.05) is 26.8 Å². The van der Waals surface area contributed by atoms with Gasteiger partial charge < -0.3 is 10.1 Å². The van der Waals surface area contributed by atoms with Crippen LogP contribution in [-0.4, -0.2) is 26.8 Å². The van der Waals surface area contributed by atoms with E-state index in [2.05, 4.69) is 66.3 Å². The molecular weight excluding hydrogens is 302 g/mol. The van der Waals surface area contributed by atoms with E-state index >= 15 is 0 Å². The Morgan fingerprint density at radius 1 is 1.26 bits per heavy atom. The van der Waals surface area contributed by atoms with Gasteiger partial charge in [-0.05, 0) is 35.4 Å². The van der Waals surface area contributed by atoms with Crippen LogP contribution in [0.4, 0.5) is 0 Å². The minimum Gasteiger partial charge on any atom is -0.383 e. The Morgan fingerprint density at radius 3 is 2.42 bits per heavy atom. The number of nitrogens with one attached hydrogen (secondary N) is 1. The van der Waals surface area contributed by atoms with Crippen LogP contribution in [0.3, 0.4) is 0 Å². The normalized spacial score (nSPS) is 14.6. The molecule has 0 aliphatic carbocycles. The second-order valence-electron chi connectivity index (χ2n) is 5.78. The standard InChI is InChI=1S/C16H26BrNO/c1-13(2)16(3,12-18-9-10-19-4)11-14-5-7-15(17)8-6-14/h5-8,13,18H,9-12H2,1-4H3. The number of hydrogen-bond donors (Lipinski definition) is 1. The summed E-state index contributed by atoms with van der Waals surface area (Å²) in [5, 5.41) is 3.51. The number of ether oxygens (including phenoxy) is 1. The van der Waals surface area contributed by atoms with E-state index in [1.165, 1.54) is 5.56 Å². The minimum absolute atomic E-state index is 0.265. The molecule has 0 heterocycles. The molecular formula is C16H26BrNO. The third-order valence-electron chi connectivity index (χ3n) is 3.93. The molecule has 0 aliphatic heterocycles. The lowest BCUT2D eigenvalue weighted by atomic mass is 9.74. The first kappa shape index (κ1) is 16.7. The quantitative estimate of drug-likeness (QED) is 0.731. The summed E-state index contributed by atoms with van der Waals surface area (Å²) in [6, 6.07) is 8.66. The first-order valence-electron chi connectivity index (χ1n) is 6.92. The van der Waals surface area contributed by atoms with E-state index in [1.54, 1.807) is 7.11 Å². The van der Waals surface area contributed by atoms with Gasteiger partial charge in [0, 0.05) is 24.7 Å². The molecule has 1 N–H and O–H groups in total. The van der Waals surface area contributed by atoms with Crippen LogP contribution in [-0.2, 0) is 11.2 Å². The van der Waals surface area contributed by atoms with Crippen molar-refractivity contribution in [1.29, 1.82) is 0 Å². The van der Waals surface area contributed by atoms with E-state index in [-0.39, 0.29) is 5.41 Å². The van der Waals surface area contributed by atoms with Crippen molar-refractivity contribution < 1.29 is 4.74 Å². The fourth-order valence-electron chi connectivity index (χ4n) is 2.09. The molecule has 0 aliphatic rings. The highest BCUT2D eigenvalue weighted by atomic mass is 79.9. The first-order chi connectivity index (χ1) is 8.98. The van der Waals surface area contributed by atoms with Crippen molar-refractivity contribution in [3.8, 4) is 0 Å². The summed E-state index contributed by atoms with van der Waals surface area (Å²) >= 11 is 3.49. The molecule has 0 fully saturated rings. The van der Waals surface area contributed by atoms with Crippen LogP contribution in [0.15, 0.2) is 28.7 Å². The van der Waals surface area contributed by atoms with Crippen LogP contribution in [0.2, 0.25) is 0 Å². The average Bonchev–Trinajstić information content (AvgIpc) is 2.37. The third-order valence-corrected chi connectivity index (χ3v) is 4.46. The fraction of sp³-hybridized carbons (Fsp3) is 0.625. The molecule has 0 aromatic heterocycles. The minimum atomic E-state index is 0.265. The van der Waals surface area contributed by atoms with Crippen molar-refractivity contribution >= 4 is 15.9 Å². The summed E-state index contributed by atoms with van der Waals surface area (Å²) in [6.07, 6.45) is 1.10. The Hall–Kier alpha value is -0.380. The molecule has 1 rings (SSSR count). The van der Waals surface area contributed by atoms with Gasteiger partial charge in [0.15, 0.2) is 0 Å². The van der Waals surface area contributed by atoms with Gasteiger partial charge in [-0.3, -0.25) is 0 Å². The van der Waals surface area contributed by atoms with Crippen molar-refractivity contribution in [1.82, 2.24) is 5.32 Å². The van der Waals surface area contributed by atoms with Gasteiger partial charge in [0.25, 0.3) is 0 Å². The molecule has 0 saturated carbocycles. The number of benzene rings is 1. The Kier molecular flexibility index (Phi) is 7.05. The van der Waals surface area contributed by atoms with E-state index in [0.717, 1.165) is 30.6 Å². The van der Waals surface area contributed by atoms with Crippen LogP contribution in [0.5, 0.6) is 0 Å². The smallest absolute Gasteiger partial charge is 0.0587 e. The molecule has 3 heteroatoms. The maximum Gasteiger partial charge on any atom is 0.0587 e. The van der Waals surface area contributed by atoms with Crippen LogP contribution in [0.25, 0.3) is 0 Å². The molecule has 0 saturated heterocycles. The summed E-state index contributed by atoms with van der Waals surface area (Å²) in [7, 11) is 1.74. The van der Waals surface area contributed by atoms with E-state index in [4.69, 9.17) is 4.74 Å². The number of halogens is 1. The monoisotopic (exact) mass is 327 g/mol. The second-order valence-corrected chi connectivity index (χ2v) is 6.70. The molecule has 0 amide bonds. The lowest BCUT2D eigenvalue weighted by Gasteiger charge is -2.34. The maximum atomic E-state index is 5.08. The Bertz CT molecular complexity index is 364. The third kappa shape index (κ3) is 5.64. The van der Waals surface area contributed by atoms with Crippen molar-refractivity contribution in [3.63, 3.8) is 0 Å². The van der Waals surface area contributed by atoms with Crippen LogP contribution in [0, 0.1) is 11.3 Å². The average molecular weight is 328 g/mol. The molecule has 1 atom stereocenters. The molecule has 19 heavy (non-hydrogen) atoms. The first-order valence-corrected chi connectivity index (χ1v) is 7.71. The summed E-state index contributed by atoms with van der Waals surface area (Å²) in [5.74, 6) is 0.631. The van der Waals surface area contributed by atoms with Gasteiger partial charge in [-0.25, -0.2) is 0 Å². The van der Waals surface area contributed by atoms with Gasteiger partial charge in [-0.2, -0.15) is 0 Å². The Morgan fingerprint density at radius 2 is 1.89 bits per heavy atom. The summed E-state index contributed by atoms with van der Waals surface area (Å²) in [6.45, 7) is 9.67. The summed E-state index contributed by atoms with van der Waals surface area (Å²) < 4.78 is 6.22. The van der Waals surface area contributed by atoms with Gasteiger partial charge in [0.1, 0.15) is 0 Å². The highest BCUT2D eigenvalue weighted by Crippen LogP contribution is 2.31. The predicted molar refractivity (Wildman–Crippen MR) is 85.5 cm³/mol. The van der Waals surface area contributed by atoms with Crippen molar-refractivity contribution in [2.45, 2.75) is 27.2 Å². The van der Waals surface area contributed by atoms with Crippen LogP contribution >= 0.6 is 15.9 Å². The molecule has 1 unspecified atom stereocenters. The Balaban J connectivity index is 2.62. The molecule has 1 aromatic carbocycles.